The van der Waals surface area contributed by atoms with E-state index in [0.29, 0.717) is 19.4 Å². The number of nitrogens with one attached hydrogen (secondary N) is 2. The van der Waals surface area contributed by atoms with E-state index in [-0.39, 0.29) is 5.91 Å². The van der Waals surface area contributed by atoms with Crippen molar-refractivity contribution < 1.29 is 9.53 Å². The molecule has 5 heteroatoms. The monoisotopic (exact) mass is 323 g/mol. The molecule has 0 fully saturated rings. The minimum absolute atomic E-state index is 0.0479. The molecule has 124 valence electrons. The Kier molecular flexibility index (Phi) is 4.79. The van der Waals surface area contributed by atoms with Crippen LogP contribution in [0.25, 0.3) is 11.0 Å². The van der Waals surface area contributed by atoms with Gasteiger partial charge >= 0.3 is 0 Å². The van der Waals surface area contributed by atoms with Gasteiger partial charge in [0.2, 0.25) is 5.91 Å². The average molecular weight is 323 g/mol. The second kappa shape index (κ2) is 7.17. The zero-order chi connectivity index (χ0) is 16.9. The van der Waals surface area contributed by atoms with Gasteiger partial charge < -0.3 is 15.0 Å². The second-order valence-corrected chi connectivity index (χ2v) is 5.80. The molecule has 2 N–H and O–H groups in total. The van der Waals surface area contributed by atoms with E-state index >= 15 is 0 Å². The Morgan fingerprint density at radius 1 is 1.17 bits per heavy atom. The van der Waals surface area contributed by atoms with Crippen molar-refractivity contribution in [2.75, 3.05) is 7.11 Å². The van der Waals surface area contributed by atoms with Gasteiger partial charge in [-0.3, -0.25) is 4.79 Å². The Labute approximate surface area is 141 Å². The van der Waals surface area contributed by atoms with E-state index in [1.807, 2.05) is 49.4 Å². The smallest absolute Gasteiger partial charge is 0.220 e. The number of benzene rings is 2. The largest absolute Gasteiger partial charge is 0.497 e. The van der Waals surface area contributed by atoms with Crippen LogP contribution in [0.15, 0.2) is 42.5 Å². The zero-order valence-corrected chi connectivity index (χ0v) is 13.9. The highest BCUT2D eigenvalue weighted by atomic mass is 16.5. The number of ether oxygens (including phenoxy) is 1. The van der Waals surface area contributed by atoms with E-state index in [1.165, 1.54) is 0 Å². The molecule has 0 unspecified atom stereocenters. The summed E-state index contributed by atoms with van der Waals surface area (Å²) in [5, 5.41) is 2.97. The quantitative estimate of drug-likeness (QED) is 0.732. The van der Waals surface area contributed by atoms with Gasteiger partial charge in [-0.25, -0.2) is 4.98 Å². The van der Waals surface area contributed by atoms with E-state index in [1.54, 1.807) is 7.11 Å². The maximum atomic E-state index is 12.0. The van der Waals surface area contributed by atoms with Crippen LogP contribution in [-0.2, 0) is 17.8 Å². The fourth-order valence-corrected chi connectivity index (χ4v) is 2.63. The first-order chi connectivity index (χ1) is 11.6. The van der Waals surface area contributed by atoms with Crippen molar-refractivity contribution >= 4 is 16.9 Å². The highest BCUT2D eigenvalue weighted by molar-refractivity contribution is 5.77. The molecule has 1 amide bonds. The molecule has 0 aliphatic carbocycles. The van der Waals surface area contributed by atoms with Crippen LogP contribution >= 0.6 is 0 Å². The summed E-state index contributed by atoms with van der Waals surface area (Å²) < 4.78 is 5.13. The Morgan fingerprint density at radius 3 is 2.67 bits per heavy atom. The van der Waals surface area contributed by atoms with Gasteiger partial charge in [0.25, 0.3) is 0 Å². The number of amides is 1. The molecule has 0 saturated carbocycles. The Bertz CT molecular complexity index is 837. The second-order valence-electron chi connectivity index (χ2n) is 5.80. The van der Waals surface area contributed by atoms with Crippen molar-refractivity contribution in [3.63, 3.8) is 0 Å². The van der Waals surface area contributed by atoms with Gasteiger partial charge in [0.1, 0.15) is 11.6 Å². The van der Waals surface area contributed by atoms with Gasteiger partial charge in [0.15, 0.2) is 0 Å². The lowest BCUT2D eigenvalue weighted by Gasteiger charge is -2.06. The van der Waals surface area contributed by atoms with Crippen LogP contribution in [0.3, 0.4) is 0 Å². The molecule has 0 saturated heterocycles. The van der Waals surface area contributed by atoms with Crippen LogP contribution in [0.5, 0.6) is 5.75 Å². The number of H-pyrrole nitrogens is 1. The van der Waals surface area contributed by atoms with Gasteiger partial charge in [-0.15, -0.1) is 0 Å². The minimum atomic E-state index is 0.0479. The molecule has 2 aromatic carbocycles. The Hall–Kier alpha value is -2.82. The van der Waals surface area contributed by atoms with Crippen LogP contribution < -0.4 is 10.1 Å². The van der Waals surface area contributed by atoms with E-state index in [2.05, 4.69) is 15.3 Å². The highest BCUT2D eigenvalue weighted by Gasteiger charge is 2.05. The van der Waals surface area contributed by atoms with Gasteiger partial charge in [-0.2, -0.15) is 0 Å². The van der Waals surface area contributed by atoms with Gasteiger partial charge in [0.05, 0.1) is 18.1 Å². The van der Waals surface area contributed by atoms with Crippen LogP contribution in [0.4, 0.5) is 0 Å². The molecule has 3 rings (SSSR count). The molecular formula is C19H21N3O2. The Balaban J connectivity index is 1.50. The molecule has 3 aromatic rings. The lowest BCUT2D eigenvalue weighted by atomic mass is 10.1. The molecular weight excluding hydrogens is 302 g/mol. The summed E-state index contributed by atoms with van der Waals surface area (Å²) in [5.74, 6) is 1.77. The summed E-state index contributed by atoms with van der Waals surface area (Å²) in [5.41, 5.74) is 4.13. The predicted octanol–water partition coefficient (Wildman–Crippen LogP) is 3.13. The first-order valence-electron chi connectivity index (χ1n) is 7.99. The third kappa shape index (κ3) is 3.93. The number of aromatic amines is 1. The number of fused-ring (bicyclic) bond motifs is 1. The highest BCUT2D eigenvalue weighted by Crippen LogP contribution is 2.14. The summed E-state index contributed by atoms with van der Waals surface area (Å²) >= 11 is 0. The van der Waals surface area contributed by atoms with Crippen molar-refractivity contribution in [2.45, 2.75) is 26.3 Å². The third-order valence-corrected chi connectivity index (χ3v) is 3.95. The number of carbonyl (C=O) groups excluding carboxylic acids is 1. The molecule has 1 aromatic heterocycles. The van der Waals surface area contributed by atoms with E-state index in [9.17, 15) is 4.79 Å². The number of imidazole rings is 1. The number of carbonyl (C=O) groups is 1. The maximum Gasteiger partial charge on any atom is 0.220 e. The van der Waals surface area contributed by atoms with Crippen LogP contribution in [0.2, 0.25) is 0 Å². The number of aromatic nitrogens is 2. The van der Waals surface area contributed by atoms with E-state index < -0.39 is 0 Å². The number of nitrogens with zero attached hydrogens (tertiary/aromatic N) is 1. The molecule has 0 aliphatic rings. The lowest BCUT2D eigenvalue weighted by Crippen LogP contribution is -2.22. The number of aryl methyl sites for hydroxylation is 2. The van der Waals surface area contributed by atoms with Crippen molar-refractivity contribution in [3.05, 3.63) is 59.4 Å². The van der Waals surface area contributed by atoms with Crippen molar-refractivity contribution in [1.82, 2.24) is 15.3 Å². The summed E-state index contributed by atoms with van der Waals surface area (Å²) in [6.07, 6.45) is 1.19. The summed E-state index contributed by atoms with van der Waals surface area (Å²) in [6, 6.07) is 13.8. The first-order valence-corrected chi connectivity index (χ1v) is 7.99. The van der Waals surface area contributed by atoms with Gasteiger partial charge in [-0.1, -0.05) is 18.2 Å². The summed E-state index contributed by atoms with van der Waals surface area (Å²) in [7, 11) is 1.64. The SMILES string of the molecule is COc1ccc(CCC(=O)NCc2ccc3nc(C)[nH]c3c2)cc1. The fourth-order valence-electron chi connectivity index (χ4n) is 2.63. The Morgan fingerprint density at radius 2 is 1.92 bits per heavy atom. The van der Waals surface area contributed by atoms with E-state index in [0.717, 1.165) is 33.7 Å². The maximum absolute atomic E-state index is 12.0. The van der Waals surface area contributed by atoms with Crippen LogP contribution in [-0.4, -0.2) is 23.0 Å². The molecule has 0 radical (unpaired) electrons. The first kappa shape index (κ1) is 16.1. The van der Waals surface area contributed by atoms with E-state index in [4.69, 9.17) is 4.74 Å². The summed E-state index contributed by atoms with van der Waals surface area (Å²) in [4.78, 5) is 19.6. The third-order valence-electron chi connectivity index (χ3n) is 3.95. The molecule has 0 atom stereocenters. The molecule has 5 nitrogen and oxygen atoms in total. The number of rotatable bonds is 6. The number of hydrogen-bond donors (Lipinski definition) is 2. The molecule has 24 heavy (non-hydrogen) atoms. The lowest BCUT2D eigenvalue weighted by molar-refractivity contribution is -0.121. The standard InChI is InChI=1S/C19H21N3O2/c1-13-21-17-9-5-15(11-18(17)22-13)12-20-19(23)10-6-14-3-7-16(24-2)8-4-14/h3-5,7-9,11H,6,10,12H2,1-2H3,(H,20,23)(H,21,22). The van der Waals surface area contributed by atoms with Crippen molar-refractivity contribution in [2.24, 2.45) is 0 Å². The van der Waals surface area contributed by atoms with Crippen LogP contribution in [0, 0.1) is 6.92 Å². The molecule has 1 heterocycles. The average Bonchev–Trinajstić information content (AvgIpc) is 2.97. The summed E-state index contributed by atoms with van der Waals surface area (Å²) in [6.45, 7) is 2.45. The van der Waals surface area contributed by atoms with Crippen molar-refractivity contribution in [3.8, 4) is 5.75 Å². The van der Waals surface area contributed by atoms with Crippen molar-refractivity contribution in [1.29, 1.82) is 0 Å². The molecule has 0 aliphatic heterocycles. The van der Waals surface area contributed by atoms with Crippen LogP contribution in [0.1, 0.15) is 23.4 Å². The number of hydrogen-bond acceptors (Lipinski definition) is 3. The minimum Gasteiger partial charge on any atom is -0.497 e. The van der Waals surface area contributed by atoms with Gasteiger partial charge in [0, 0.05) is 13.0 Å². The van der Waals surface area contributed by atoms with Gasteiger partial charge in [-0.05, 0) is 48.7 Å². The normalized spacial score (nSPS) is 10.8. The predicted molar refractivity (Wildman–Crippen MR) is 94.0 cm³/mol. The molecule has 0 bridgehead atoms. The molecule has 0 spiro atoms. The number of methoxy groups -OCH3 is 1. The zero-order valence-electron chi connectivity index (χ0n) is 13.9. The topological polar surface area (TPSA) is 67.0 Å². The fraction of sp³-hybridized carbons (Fsp3) is 0.263.